The molecule has 3 rings (SSSR count). The Morgan fingerprint density at radius 3 is 2.28 bits per heavy atom. The lowest BCUT2D eigenvalue weighted by Gasteiger charge is -2.08. The number of hydrogen-bond acceptors (Lipinski definition) is 3. The molecule has 0 unspecified atom stereocenters. The zero-order valence-electron chi connectivity index (χ0n) is 13.8. The van der Waals surface area contributed by atoms with Gasteiger partial charge in [0, 0.05) is 17.3 Å². The quantitative estimate of drug-likeness (QED) is 0.699. The molecule has 0 radical (unpaired) electrons. The van der Waals surface area contributed by atoms with Gasteiger partial charge in [-0.15, -0.1) is 0 Å². The van der Waals surface area contributed by atoms with Crippen LogP contribution in [0.3, 0.4) is 0 Å². The molecule has 0 fully saturated rings. The maximum atomic E-state index is 12.2. The molecule has 0 spiro atoms. The lowest BCUT2D eigenvalue weighted by Crippen LogP contribution is -2.23. The van der Waals surface area contributed by atoms with Crippen LogP contribution in [0.2, 0.25) is 5.02 Å². The number of hydrogen-bond donors (Lipinski definition) is 2. The highest BCUT2D eigenvalue weighted by molar-refractivity contribution is 6.30. The molecule has 0 atom stereocenters. The van der Waals surface area contributed by atoms with Crippen LogP contribution in [0, 0.1) is 6.92 Å². The molecule has 0 aliphatic rings. The van der Waals surface area contributed by atoms with Crippen LogP contribution >= 0.6 is 11.6 Å². The normalized spacial score (nSPS) is 10.3. The SMILES string of the molecule is Cc1ccc(CNC(=O)c2ccc(Nc3ccc(Cl)cc3)cn2)cc1. The van der Waals surface area contributed by atoms with Crippen molar-refractivity contribution in [1.82, 2.24) is 10.3 Å². The second-order valence-corrected chi connectivity index (χ2v) is 6.17. The van der Waals surface area contributed by atoms with Crippen LogP contribution in [-0.2, 0) is 6.54 Å². The third-order valence-corrected chi connectivity index (χ3v) is 3.95. The van der Waals surface area contributed by atoms with Crippen molar-refractivity contribution < 1.29 is 4.79 Å². The van der Waals surface area contributed by atoms with E-state index in [1.54, 1.807) is 12.3 Å². The smallest absolute Gasteiger partial charge is 0.270 e. The topological polar surface area (TPSA) is 54.0 Å². The molecule has 0 bridgehead atoms. The standard InChI is InChI=1S/C20H18ClN3O/c1-14-2-4-15(5-3-14)12-23-20(25)19-11-10-18(13-22-19)24-17-8-6-16(21)7-9-17/h2-11,13,24H,12H2,1H3,(H,23,25). The van der Waals surface area contributed by atoms with E-state index in [1.807, 2.05) is 61.5 Å². The minimum Gasteiger partial charge on any atom is -0.354 e. The van der Waals surface area contributed by atoms with E-state index >= 15 is 0 Å². The Kier molecular flexibility index (Phi) is 5.31. The van der Waals surface area contributed by atoms with Gasteiger partial charge in [-0.25, -0.2) is 4.98 Å². The van der Waals surface area contributed by atoms with Crippen LogP contribution in [0.4, 0.5) is 11.4 Å². The van der Waals surface area contributed by atoms with Gasteiger partial charge < -0.3 is 10.6 Å². The Morgan fingerprint density at radius 2 is 1.64 bits per heavy atom. The lowest BCUT2D eigenvalue weighted by atomic mass is 10.1. The van der Waals surface area contributed by atoms with E-state index < -0.39 is 0 Å². The summed E-state index contributed by atoms with van der Waals surface area (Å²) in [6.07, 6.45) is 1.63. The molecular formula is C20H18ClN3O. The Balaban J connectivity index is 1.58. The third-order valence-electron chi connectivity index (χ3n) is 3.70. The number of anilines is 2. The summed E-state index contributed by atoms with van der Waals surface area (Å²) in [5.74, 6) is -0.196. The lowest BCUT2D eigenvalue weighted by molar-refractivity contribution is 0.0946. The molecule has 0 saturated heterocycles. The zero-order valence-corrected chi connectivity index (χ0v) is 14.5. The number of carbonyl (C=O) groups is 1. The highest BCUT2D eigenvalue weighted by Crippen LogP contribution is 2.18. The maximum absolute atomic E-state index is 12.2. The first-order chi connectivity index (χ1) is 12.1. The van der Waals surface area contributed by atoms with Gasteiger partial charge in [0.1, 0.15) is 5.69 Å². The first kappa shape index (κ1) is 17.0. The Bertz CT molecular complexity index is 844. The largest absolute Gasteiger partial charge is 0.354 e. The number of amides is 1. The van der Waals surface area contributed by atoms with Gasteiger partial charge >= 0.3 is 0 Å². The van der Waals surface area contributed by atoms with Crippen LogP contribution in [0.25, 0.3) is 0 Å². The zero-order chi connectivity index (χ0) is 17.6. The highest BCUT2D eigenvalue weighted by Gasteiger charge is 2.07. The molecule has 25 heavy (non-hydrogen) atoms. The predicted octanol–water partition coefficient (Wildman–Crippen LogP) is 4.72. The number of rotatable bonds is 5. The molecule has 1 aromatic heterocycles. The second-order valence-electron chi connectivity index (χ2n) is 5.73. The molecule has 4 nitrogen and oxygen atoms in total. The van der Waals surface area contributed by atoms with E-state index in [-0.39, 0.29) is 5.91 Å². The van der Waals surface area contributed by atoms with Gasteiger partial charge in [0.15, 0.2) is 0 Å². The minimum absolute atomic E-state index is 0.196. The summed E-state index contributed by atoms with van der Waals surface area (Å²) in [6, 6.07) is 19.0. The van der Waals surface area contributed by atoms with Crippen molar-refractivity contribution in [2.45, 2.75) is 13.5 Å². The van der Waals surface area contributed by atoms with Crippen molar-refractivity contribution in [3.8, 4) is 0 Å². The first-order valence-electron chi connectivity index (χ1n) is 7.92. The van der Waals surface area contributed by atoms with E-state index in [9.17, 15) is 4.79 Å². The average molecular weight is 352 g/mol. The molecule has 126 valence electrons. The van der Waals surface area contributed by atoms with Crippen molar-refractivity contribution in [1.29, 1.82) is 0 Å². The van der Waals surface area contributed by atoms with Gasteiger partial charge in [-0.05, 0) is 48.9 Å². The molecular weight excluding hydrogens is 334 g/mol. The van der Waals surface area contributed by atoms with Gasteiger partial charge in [0.25, 0.3) is 5.91 Å². The summed E-state index contributed by atoms with van der Waals surface area (Å²) in [5.41, 5.74) is 4.34. The van der Waals surface area contributed by atoms with E-state index in [2.05, 4.69) is 15.6 Å². The summed E-state index contributed by atoms with van der Waals surface area (Å²) < 4.78 is 0. The number of nitrogens with zero attached hydrogens (tertiary/aromatic N) is 1. The molecule has 5 heteroatoms. The summed E-state index contributed by atoms with van der Waals surface area (Å²) in [5, 5.41) is 6.77. The van der Waals surface area contributed by atoms with Crippen molar-refractivity contribution in [3.05, 3.63) is 88.7 Å². The Hall–Kier alpha value is -2.85. The third kappa shape index (κ3) is 4.81. The van der Waals surface area contributed by atoms with Gasteiger partial charge in [-0.1, -0.05) is 41.4 Å². The van der Waals surface area contributed by atoms with E-state index in [4.69, 9.17) is 11.6 Å². The minimum atomic E-state index is -0.196. The molecule has 3 aromatic rings. The van der Waals surface area contributed by atoms with Gasteiger partial charge in [-0.3, -0.25) is 4.79 Å². The summed E-state index contributed by atoms with van der Waals surface area (Å²) in [7, 11) is 0. The second kappa shape index (κ2) is 7.81. The van der Waals surface area contributed by atoms with Crippen molar-refractivity contribution in [3.63, 3.8) is 0 Å². The van der Waals surface area contributed by atoms with Crippen LogP contribution in [0.5, 0.6) is 0 Å². The van der Waals surface area contributed by atoms with E-state index in [0.717, 1.165) is 16.9 Å². The number of benzene rings is 2. The Morgan fingerprint density at radius 1 is 0.960 bits per heavy atom. The number of pyridine rings is 1. The molecule has 1 amide bonds. The molecule has 0 saturated carbocycles. The number of nitrogens with one attached hydrogen (secondary N) is 2. The molecule has 1 heterocycles. The maximum Gasteiger partial charge on any atom is 0.270 e. The number of carbonyl (C=O) groups excluding carboxylic acids is 1. The van der Waals surface area contributed by atoms with Crippen molar-refractivity contribution in [2.24, 2.45) is 0 Å². The average Bonchev–Trinajstić information content (AvgIpc) is 2.63. The fraction of sp³-hybridized carbons (Fsp3) is 0.100. The highest BCUT2D eigenvalue weighted by atomic mass is 35.5. The van der Waals surface area contributed by atoms with Gasteiger partial charge in [0.2, 0.25) is 0 Å². The number of aromatic nitrogens is 1. The fourth-order valence-electron chi connectivity index (χ4n) is 2.28. The van der Waals surface area contributed by atoms with Crippen LogP contribution in [-0.4, -0.2) is 10.9 Å². The van der Waals surface area contributed by atoms with Gasteiger partial charge in [-0.2, -0.15) is 0 Å². The van der Waals surface area contributed by atoms with E-state index in [0.29, 0.717) is 17.3 Å². The fourth-order valence-corrected chi connectivity index (χ4v) is 2.41. The molecule has 2 N–H and O–H groups in total. The monoisotopic (exact) mass is 351 g/mol. The van der Waals surface area contributed by atoms with Gasteiger partial charge in [0.05, 0.1) is 11.9 Å². The van der Waals surface area contributed by atoms with Crippen LogP contribution in [0.15, 0.2) is 66.9 Å². The molecule has 2 aromatic carbocycles. The summed E-state index contributed by atoms with van der Waals surface area (Å²) in [4.78, 5) is 16.4. The van der Waals surface area contributed by atoms with Crippen LogP contribution < -0.4 is 10.6 Å². The summed E-state index contributed by atoms with van der Waals surface area (Å²) >= 11 is 5.87. The van der Waals surface area contributed by atoms with E-state index in [1.165, 1.54) is 5.56 Å². The first-order valence-corrected chi connectivity index (χ1v) is 8.30. The molecule has 0 aliphatic carbocycles. The Labute approximate surface area is 151 Å². The van der Waals surface area contributed by atoms with Crippen molar-refractivity contribution >= 4 is 28.9 Å². The molecule has 0 aliphatic heterocycles. The number of aryl methyl sites for hydroxylation is 1. The summed E-state index contributed by atoms with van der Waals surface area (Å²) in [6.45, 7) is 2.51. The van der Waals surface area contributed by atoms with Crippen molar-refractivity contribution in [2.75, 3.05) is 5.32 Å². The number of halogens is 1. The van der Waals surface area contributed by atoms with Crippen LogP contribution in [0.1, 0.15) is 21.6 Å². The predicted molar refractivity (Wildman–Crippen MR) is 101 cm³/mol.